The maximum atomic E-state index is 4.94. The maximum Gasteiger partial charge on any atom is 0.0780 e. The second kappa shape index (κ2) is 6.91. The van der Waals surface area contributed by atoms with Crippen LogP contribution in [-0.4, -0.2) is 4.98 Å². The molecule has 32 heavy (non-hydrogen) atoms. The molecule has 1 aliphatic carbocycles. The fourth-order valence-electron chi connectivity index (χ4n) is 5.53. The van der Waals surface area contributed by atoms with Crippen molar-refractivity contribution in [2.75, 3.05) is 0 Å². The molecule has 1 heterocycles. The lowest BCUT2D eigenvalue weighted by molar-refractivity contribution is 0.332. The molecule has 0 fully saturated rings. The fraction of sp³-hybridized carbons (Fsp3) is 0.387. The molecular formula is C31H35N. The van der Waals surface area contributed by atoms with Gasteiger partial charge in [0.15, 0.2) is 0 Å². The summed E-state index contributed by atoms with van der Waals surface area (Å²) in [5, 5.41) is 5.19. The van der Waals surface area contributed by atoms with Gasteiger partial charge in [-0.15, -0.1) is 0 Å². The molecule has 0 N–H and O–H groups in total. The molecule has 0 saturated carbocycles. The highest BCUT2D eigenvalue weighted by Crippen LogP contribution is 2.48. The highest BCUT2D eigenvalue weighted by atomic mass is 14.7. The van der Waals surface area contributed by atoms with E-state index in [4.69, 9.17) is 4.98 Å². The van der Waals surface area contributed by atoms with Crippen molar-refractivity contribution in [3.05, 3.63) is 77.5 Å². The number of pyridine rings is 1. The molecule has 3 aromatic carbocycles. The van der Waals surface area contributed by atoms with Crippen LogP contribution in [0.5, 0.6) is 0 Å². The fourth-order valence-corrected chi connectivity index (χ4v) is 5.53. The van der Waals surface area contributed by atoms with Crippen LogP contribution in [0.4, 0.5) is 0 Å². The predicted molar refractivity (Wildman–Crippen MR) is 139 cm³/mol. The maximum absolute atomic E-state index is 4.94. The van der Waals surface area contributed by atoms with Gasteiger partial charge >= 0.3 is 0 Å². The Morgan fingerprint density at radius 3 is 2.03 bits per heavy atom. The lowest BCUT2D eigenvalue weighted by Gasteiger charge is -2.42. The monoisotopic (exact) mass is 421 g/mol. The topological polar surface area (TPSA) is 12.9 Å². The van der Waals surface area contributed by atoms with Gasteiger partial charge in [-0.05, 0) is 86.2 Å². The molecule has 0 atom stereocenters. The number of hydrogen-bond acceptors (Lipinski definition) is 1. The zero-order valence-electron chi connectivity index (χ0n) is 20.6. The minimum Gasteiger partial charge on any atom is -0.256 e. The molecular weight excluding hydrogens is 386 g/mol. The van der Waals surface area contributed by atoms with Crippen LogP contribution in [0.1, 0.15) is 78.0 Å². The first-order chi connectivity index (χ1) is 15.0. The quantitative estimate of drug-likeness (QED) is 0.299. The molecule has 0 radical (unpaired) electrons. The standard InChI is InChI=1S/C31H35N/c1-29(2,3)25-18-22(16-20-10-8-9-11-23(20)25)28-24-19-27-26(17-21(24)12-15-32-28)30(4,5)13-14-31(27,6)7/h8-12,15-19H,13-14H2,1-7H3. The van der Waals surface area contributed by atoms with E-state index in [0.717, 1.165) is 5.69 Å². The summed E-state index contributed by atoms with van der Waals surface area (Å²) < 4.78 is 0. The molecule has 5 rings (SSSR count). The minimum atomic E-state index is 0.0609. The molecule has 1 nitrogen and oxygen atoms in total. The first-order valence-corrected chi connectivity index (χ1v) is 11.9. The highest BCUT2D eigenvalue weighted by molar-refractivity contribution is 5.99. The van der Waals surface area contributed by atoms with Crippen molar-refractivity contribution in [3.8, 4) is 11.3 Å². The average Bonchev–Trinajstić information content (AvgIpc) is 2.74. The molecule has 1 aromatic heterocycles. The summed E-state index contributed by atoms with van der Waals surface area (Å²) in [6.45, 7) is 16.5. The number of nitrogens with zero attached hydrogens (tertiary/aromatic N) is 1. The Bertz CT molecular complexity index is 1350. The van der Waals surface area contributed by atoms with Crippen molar-refractivity contribution in [2.24, 2.45) is 0 Å². The molecule has 4 aromatic rings. The molecule has 0 amide bonds. The third-order valence-electron chi connectivity index (χ3n) is 7.68. The number of rotatable bonds is 1. The molecule has 0 unspecified atom stereocenters. The van der Waals surface area contributed by atoms with E-state index in [9.17, 15) is 0 Å². The zero-order chi connectivity index (χ0) is 22.9. The minimum absolute atomic E-state index is 0.0609. The van der Waals surface area contributed by atoms with Gasteiger partial charge in [0, 0.05) is 17.1 Å². The molecule has 164 valence electrons. The van der Waals surface area contributed by atoms with Crippen LogP contribution in [0.2, 0.25) is 0 Å². The summed E-state index contributed by atoms with van der Waals surface area (Å²) in [5.41, 5.74) is 7.15. The Kier molecular flexibility index (Phi) is 4.58. The molecule has 0 bridgehead atoms. The van der Waals surface area contributed by atoms with Crippen LogP contribution >= 0.6 is 0 Å². The summed E-state index contributed by atoms with van der Waals surface area (Å²) in [7, 11) is 0. The number of benzene rings is 3. The van der Waals surface area contributed by atoms with Crippen LogP contribution in [0, 0.1) is 0 Å². The second-order valence-corrected chi connectivity index (χ2v) is 12.0. The van der Waals surface area contributed by atoms with E-state index in [0.29, 0.717) is 0 Å². The van der Waals surface area contributed by atoms with Crippen LogP contribution in [-0.2, 0) is 16.2 Å². The van der Waals surface area contributed by atoms with E-state index >= 15 is 0 Å². The van der Waals surface area contributed by atoms with Gasteiger partial charge in [0.1, 0.15) is 0 Å². The van der Waals surface area contributed by atoms with Gasteiger partial charge < -0.3 is 0 Å². The van der Waals surface area contributed by atoms with Gasteiger partial charge in [-0.25, -0.2) is 0 Å². The summed E-state index contributed by atoms with van der Waals surface area (Å²) >= 11 is 0. The van der Waals surface area contributed by atoms with Crippen LogP contribution in [0.15, 0.2) is 60.8 Å². The van der Waals surface area contributed by atoms with Crippen molar-refractivity contribution in [2.45, 2.75) is 77.6 Å². The third kappa shape index (κ3) is 3.34. The lowest BCUT2D eigenvalue weighted by Crippen LogP contribution is -2.33. The average molecular weight is 422 g/mol. The summed E-state index contributed by atoms with van der Waals surface area (Å²) in [4.78, 5) is 4.94. The first-order valence-electron chi connectivity index (χ1n) is 11.9. The van der Waals surface area contributed by atoms with Crippen LogP contribution < -0.4 is 0 Å². The predicted octanol–water partition coefficient (Wildman–Crippen LogP) is 8.70. The number of aromatic nitrogens is 1. The Morgan fingerprint density at radius 2 is 1.34 bits per heavy atom. The van der Waals surface area contributed by atoms with E-state index < -0.39 is 0 Å². The van der Waals surface area contributed by atoms with Gasteiger partial charge in [-0.1, -0.05) is 78.8 Å². The largest absolute Gasteiger partial charge is 0.256 e. The lowest BCUT2D eigenvalue weighted by atomic mass is 9.63. The van der Waals surface area contributed by atoms with E-state index in [2.05, 4.69) is 103 Å². The molecule has 0 aliphatic heterocycles. The number of fused-ring (bicyclic) bond motifs is 3. The van der Waals surface area contributed by atoms with Gasteiger partial charge in [0.05, 0.1) is 5.69 Å². The van der Waals surface area contributed by atoms with E-state index in [1.54, 1.807) is 0 Å². The van der Waals surface area contributed by atoms with Crippen molar-refractivity contribution < 1.29 is 0 Å². The van der Waals surface area contributed by atoms with Crippen LogP contribution in [0.3, 0.4) is 0 Å². The Hall–Kier alpha value is -2.67. The normalized spacial score (nSPS) is 17.5. The summed E-state index contributed by atoms with van der Waals surface area (Å²) in [5.74, 6) is 0. The summed E-state index contributed by atoms with van der Waals surface area (Å²) in [6, 6.07) is 20.5. The SMILES string of the molecule is CC(C)(C)c1cc(-c2nccc3cc4c(cc23)C(C)(C)CCC4(C)C)cc2ccccc12. The van der Waals surface area contributed by atoms with Gasteiger partial charge in [-0.3, -0.25) is 4.98 Å². The molecule has 0 saturated heterocycles. The smallest absolute Gasteiger partial charge is 0.0780 e. The van der Waals surface area contributed by atoms with E-state index in [1.165, 1.54) is 56.6 Å². The van der Waals surface area contributed by atoms with Crippen molar-refractivity contribution in [3.63, 3.8) is 0 Å². The van der Waals surface area contributed by atoms with E-state index in [1.807, 2.05) is 6.20 Å². The third-order valence-corrected chi connectivity index (χ3v) is 7.68. The molecule has 1 heteroatoms. The Balaban J connectivity index is 1.82. The molecule has 1 aliphatic rings. The number of hydrogen-bond donors (Lipinski definition) is 0. The Morgan fingerprint density at radius 1 is 0.719 bits per heavy atom. The van der Waals surface area contributed by atoms with Gasteiger partial charge in [0.25, 0.3) is 0 Å². The summed E-state index contributed by atoms with van der Waals surface area (Å²) in [6.07, 6.45) is 4.44. The van der Waals surface area contributed by atoms with Crippen molar-refractivity contribution in [1.82, 2.24) is 4.98 Å². The van der Waals surface area contributed by atoms with Gasteiger partial charge in [-0.2, -0.15) is 0 Å². The first kappa shape index (κ1) is 21.2. The van der Waals surface area contributed by atoms with Crippen molar-refractivity contribution in [1.29, 1.82) is 0 Å². The van der Waals surface area contributed by atoms with Gasteiger partial charge in [0.2, 0.25) is 0 Å². The highest BCUT2D eigenvalue weighted by Gasteiger charge is 2.37. The Labute approximate surface area is 192 Å². The second-order valence-electron chi connectivity index (χ2n) is 12.0. The van der Waals surface area contributed by atoms with Crippen LogP contribution in [0.25, 0.3) is 32.8 Å². The molecule has 0 spiro atoms. The van der Waals surface area contributed by atoms with E-state index in [-0.39, 0.29) is 16.2 Å². The van der Waals surface area contributed by atoms with Crippen molar-refractivity contribution >= 4 is 21.5 Å². The zero-order valence-corrected chi connectivity index (χ0v) is 20.6.